The molecule has 0 fully saturated rings. The van der Waals surface area contributed by atoms with Crippen LogP contribution in [0, 0.1) is 6.92 Å². The molecule has 2 aromatic rings. The van der Waals surface area contributed by atoms with E-state index in [-0.39, 0.29) is 5.91 Å². The van der Waals surface area contributed by atoms with E-state index in [0.717, 1.165) is 16.8 Å². The Morgan fingerprint density at radius 2 is 1.48 bits per heavy atom. The Balaban J connectivity index is 2.10. The van der Waals surface area contributed by atoms with Gasteiger partial charge in [0.25, 0.3) is 5.91 Å². The molecule has 0 aliphatic carbocycles. The molecule has 128 valence electrons. The van der Waals surface area contributed by atoms with Crippen molar-refractivity contribution in [2.75, 3.05) is 5.73 Å². The van der Waals surface area contributed by atoms with E-state index in [1.54, 1.807) is 24.3 Å². The fourth-order valence-electron chi connectivity index (χ4n) is 2.33. The largest absolute Gasteiger partial charge is 0.399 e. The van der Waals surface area contributed by atoms with Gasteiger partial charge in [-0.1, -0.05) is 48.1 Å². The van der Waals surface area contributed by atoms with Gasteiger partial charge in [0.15, 0.2) is 0 Å². The predicted molar refractivity (Wildman–Crippen MR) is 106 cm³/mol. The molecule has 0 aromatic heterocycles. The molecule has 0 spiro atoms. The third-order valence-corrected chi connectivity index (χ3v) is 3.88. The Morgan fingerprint density at radius 3 is 2.04 bits per heavy atom. The van der Waals surface area contributed by atoms with Crippen molar-refractivity contribution in [3.63, 3.8) is 0 Å². The molecule has 3 nitrogen and oxygen atoms in total. The molecule has 3 N–H and O–H groups in total. The molecule has 2 aromatic carbocycles. The lowest BCUT2D eigenvalue weighted by Gasteiger charge is -2.07. The van der Waals surface area contributed by atoms with E-state index in [4.69, 9.17) is 5.73 Å². The molecular weight excluding hydrogens is 308 g/mol. The number of nitrogens with two attached hydrogens (primary N) is 1. The number of nitrogen functional groups attached to an aromatic ring is 1. The summed E-state index contributed by atoms with van der Waals surface area (Å²) in [5, 5.41) is 2.91. The fourth-order valence-corrected chi connectivity index (χ4v) is 2.33. The van der Waals surface area contributed by atoms with E-state index in [9.17, 15) is 4.79 Å². The molecule has 0 unspecified atom stereocenters. The van der Waals surface area contributed by atoms with Crippen molar-refractivity contribution in [3.05, 3.63) is 95.2 Å². The minimum absolute atomic E-state index is 0.157. The van der Waals surface area contributed by atoms with Crippen LogP contribution in [0.25, 0.3) is 5.57 Å². The normalized spacial score (nSPS) is 12.4. The molecule has 0 atom stereocenters. The molecular formula is C22H24N2O. The van der Waals surface area contributed by atoms with Crippen LogP contribution in [0.1, 0.15) is 35.3 Å². The zero-order chi connectivity index (χ0) is 18.2. The monoisotopic (exact) mass is 332 g/mol. The molecule has 0 heterocycles. The van der Waals surface area contributed by atoms with Crippen LogP contribution in [0.15, 0.2) is 78.5 Å². The van der Waals surface area contributed by atoms with Crippen molar-refractivity contribution >= 4 is 17.2 Å². The van der Waals surface area contributed by atoms with Gasteiger partial charge in [-0.05, 0) is 62.2 Å². The molecule has 0 saturated heterocycles. The topological polar surface area (TPSA) is 55.1 Å². The zero-order valence-corrected chi connectivity index (χ0v) is 14.9. The van der Waals surface area contributed by atoms with E-state index in [0.29, 0.717) is 11.3 Å². The first-order chi connectivity index (χ1) is 12.0. The van der Waals surface area contributed by atoms with E-state index < -0.39 is 0 Å². The summed E-state index contributed by atoms with van der Waals surface area (Å²) in [5.74, 6) is -0.157. The number of amides is 1. The number of hydrogen-bond donors (Lipinski definition) is 2. The van der Waals surface area contributed by atoms with Gasteiger partial charge in [-0.3, -0.25) is 4.79 Å². The minimum atomic E-state index is -0.157. The van der Waals surface area contributed by atoms with Crippen molar-refractivity contribution in [2.24, 2.45) is 0 Å². The van der Waals surface area contributed by atoms with Gasteiger partial charge in [-0.15, -0.1) is 0 Å². The summed E-state index contributed by atoms with van der Waals surface area (Å²) in [6.07, 6.45) is 7.83. The molecule has 1 amide bonds. The minimum Gasteiger partial charge on any atom is -0.399 e. The highest BCUT2D eigenvalue weighted by Crippen LogP contribution is 2.17. The summed E-state index contributed by atoms with van der Waals surface area (Å²) in [5.41, 5.74) is 11.1. The van der Waals surface area contributed by atoms with Crippen molar-refractivity contribution in [1.29, 1.82) is 0 Å². The average Bonchev–Trinajstić information content (AvgIpc) is 2.63. The van der Waals surface area contributed by atoms with Crippen LogP contribution < -0.4 is 11.1 Å². The van der Waals surface area contributed by atoms with E-state index in [1.807, 2.05) is 32.1 Å². The Labute approximate surface area is 149 Å². The van der Waals surface area contributed by atoms with Gasteiger partial charge in [-0.2, -0.15) is 0 Å². The maximum atomic E-state index is 12.3. The van der Waals surface area contributed by atoms with Crippen LogP contribution in [0.4, 0.5) is 5.69 Å². The lowest BCUT2D eigenvalue weighted by molar-refractivity contribution is 0.0967. The van der Waals surface area contributed by atoms with E-state index in [2.05, 4.69) is 42.6 Å². The summed E-state index contributed by atoms with van der Waals surface area (Å²) in [4.78, 5) is 12.3. The van der Waals surface area contributed by atoms with Crippen LogP contribution in [0.2, 0.25) is 0 Å². The Hall–Kier alpha value is -3.07. The van der Waals surface area contributed by atoms with Gasteiger partial charge in [0.05, 0.1) is 0 Å². The van der Waals surface area contributed by atoms with Gasteiger partial charge >= 0.3 is 0 Å². The molecule has 0 aliphatic heterocycles. The second kappa shape index (κ2) is 8.69. The third-order valence-electron chi connectivity index (χ3n) is 3.88. The SMILES string of the molecule is C\C=C(/C=C\C(=C/C)c1ccc(C)cc1)NC(=O)c1ccc(N)cc1. The summed E-state index contributed by atoms with van der Waals surface area (Å²) in [7, 11) is 0. The van der Waals surface area contributed by atoms with Crippen molar-refractivity contribution in [2.45, 2.75) is 20.8 Å². The first kappa shape index (κ1) is 18.3. The highest BCUT2D eigenvalue weighted by atomic mass is 16.1. The number of carbonyl (C=O) groups excluding carboxylic acids is 1. The first-order valence-corrected chi connectivity index (χ1v) is 8.28. The molecule has 25 heavy (non-hydrogen) atoms. The number of anilines is 1. The van der Waals surface area contributed by atoms with Gasteiger partial charge in [0, 0.05) is 16.9 Å². The molecule has 0 aliphatic rings. The van der Waals surface area contributed by atoms with Crippen LogP contribution in [0.3, 0.4) is 0 Å². The van der Waals surface area contributed by atoms with Gasteiger partial charge < -0.3 is 11.1 Å². The molecule has 0 bridgehead atoms. The zero-order valence-electron chi connectivity index (χ0n) is 14.9. The number of benzene rings is 2. The lowest BCUT2D eigenvalue weighted by atomic mass is 10.0. The third kappa shape index (κ3) is 5.21. The standard InChI is InChI=1S/C22H24N2O/c1-4-17(18-8-6-16(3)7-9-18)12-15-21(5-2)24-22(25)19-10-13-20(23)14-11-19/h4-15H,23H2,1-3H3,(H,24,25)/b15-12-,17-4+,21-5+. The Morgan fingerprint density at radius 1 is 0.880 bits per heavy atom. The Bertz CT molecular complexity index is 810. The lowest BCUT2D eigenvalue weighted by Crippen LogP contribution is -2.21. The van der Waals surface area contributed by atoms with Crippen molar-refractivity contribution < 1.29 is 4.79 Å². The highest BCUT2D eigenvalue weighted by molar-refractivity contribution is 5.95. The molecule has 0 saturated carbocycles. The highest BCUT2D eigenvalue weighted by Gasteiger charge is 2.06. The number of aryl methyl sites for hydroxylation is 1. The van der Waals surface area contributed by atoms with E-state index in [1.165, 1.54) is 5.56 Å². The summed E-state index contributed by atoms with van der Waals surface area (Å²) < 4.78 is 0. The summed E-state index contributed by atoms with van der Waals surface area (Å²) in [6.45, 7) is 5.96. The second-order valence-corrected chi connectivity index (χ2v) is 5.76. The number of nitrogens with one attached hydrogen (secondary N) is 1. The Kier molecular flexibility index (Phi) is 6.35. The molecule has 3 heteroatoms. The summed E-state index contributed by atoms with van der Waals surface area (Å²) in [6, 6.07) is 15.2. The van der Waals surface area contributed by atoms with Crippen LogP contribution in [-0.4, -0.2) is 5.91 Å². The quantitative estimate of drug-likeness (QED) is 0.606. The van der Waals surface area contributed by atoms with E-state index >= 15 is 0 Å². The number of carbonyl (C=O) groups is 1. The predicted octanol–water partition coefficient (Wildman–Crippen LogP) is 4.87. The fraction of sp³-hybridized carbons (Fsp3) is 0.136. The maximum absolute atomic E-state index is 12.3. The smallest absolute Gasteiger partial charge is 0.255 e. The van der Waals surface area contributed by atoms with Crippen LogP contribution in [-0.2, 0) is 0 Å². The second-order valence-electron chi connectivity index (χ2n) is 5.76. The number of hydrogen-bond acceptors (Lipinski definition) is 2. The van der Waals surface area contributed by atoms with Crippen molar-refractivity contribution in [3.8, 4) is 0 Å². The first-order valence-electron chi connectivity index (χ1n) is 8.28. The van der Waals surface area contributed by atoms with Gasteiger partial charge in [0.1, 0.15) is 0 Å². The maximum Gasteiger partial charge on any atom is 0.255 e. The van der Waals surface area contributed by atoms with Gasteiger partial charge in [-0.25, -0.2) is 0 Å². The molecule has 0 radical (unpaired) electrons. The van der Waals surface area contributed by atoms with Crippen molar-refractivity contribution in [1.82, 2.24) is 5.32 Å². The molecule has 2 rings (SSSR count). The van der Waals surface area contributed by atoms with Gasteiger partial charge in [0.2, 0.25) is 0 Å². The van der Waals surface area contributed by atoms with Crippen LogP contribution in [0.5, 0.6) is 0 Å². The average molecular weight is 332 g/mol. The number of rotatable bonds is 5. The number of allylic oxidation sites excluding steroid dienone is 5. The van der Waals surface area contributed by atoms with Crippen LogP contribution >= 0.6 is 0 Å². The summed E-state index contributed by atoms with van der Waals surface area (Å²) >= 11 is 0.